The number of hydrogen-bond donors (Lipinski definition) is 0. The molecule has 36 heavy (non-hydrogen) atoms. The summed E-state index contributed by atoms with van der Waals surface area (Å²) in [5.74, 6) is 1.11. The maximum atomic E-state index is 12.4. The van der Waals surface area contributed by atoms with Crippen LogP contribution >= 0.6 is 0 Å². The number of non-ortho nitro benzene ring substituents is 1. The summed E-state index contributed by atoms with van der Waals surface area (Å²) in [6.07, 6.45) is 2.49. The molecule has 3 aromatic rings. The van der Waals surface area contributed by atoms with Crippen molar-refractivity contribution in [2.75, 3.05) is 13.2 Å². The average molecular weight is 487 g/mol. The van der Waals surface area contributed by atoms with Crippen LogP contribution in [-0.4, -0.2) is 30.0 Å². The van der Waals surface area contributed by atoms with Crippen LogP contribution in [0.25, 0.3) is 6.08 Å². The first-order chi connectivity index (χ1) is 17.4. The van der Waals surface area contributed by atoms with E-state index in [0.29, 0.717) is 22.8 Å². The van der Waals surface area contributed by atoms with Gasteiger partial charge in [0.1, 0.15) is 24.7 Å². The van der Waals surface area contributed by atoms with Gasteiger partial charge in [0, 0.05) is 23.3 Å². The summed E-state index contributed by atoms with van der Waals surface area (Å²) in [6.45, 7) is 4.80. The van der Waals surface area contributed by atoms with E-state index in [1.54, 1.807) is 12.1 Å². The maximum absolute atomic E-state index is 12.4. The van der Waals surface area contributed by atoms with Crippen molar-refractivity contribution in [3.8, 4) is 11.5 Å². The van der Waals surface area contributed by atoms with Crippen molar-refractivity contribution in [3.63, 3.8) is 0 Å². The van der Waals surface area contributed by atoms with Gasteiger partial charge in [0.15, 0.2) is 5.70 Å². The minimum atomic E-state index is -0.643. The number of nitro groups is 1. The Labute approximate surface area is 209 Å². The molecule has 0 radical (unpaired) electrons. The molecule has 0 amide bonds. The first-order valence-electron chi connectivity index (χ1n) is 11.7. The van der Waals surface area contributed by atoms with Crippen molar-refractivity contribution in [1.29, 1.82) is 0 Å². The molecule has 0 fully saturated rings. The molecule has 8 nitrogen and oxygen atoms in total. The van der Waals surface area contributed by atoms with Crippen LogP contribution < -0.4 is 9.47 Å². The second-order valence-corrected chi connectivity index (χ2v) is 8.26. The Morgan fingerprint density at radius 3 is 2.44 bits per heavy atom. The van der Waals surface area contributed by atoms with Gasteiger partial charge in [-0.15, -0.1) is 0 Å². The van der Waals surface area contributed by atoms with Gasteiger partial charge in [0.05, 0.1) is 4.92 Å². The Bertz CT molecular complexity index is 1300. The number of ether oxygens (including phenoxy) is 3. The van der Waals surface area contributed by atoms with Crippen molar-refractivity contribution < 1.29 is 23.9 Å². The van der Waals surface area contributed by atoms with Crippen LogP contribution in [0.5, 0.6) is 11.5 Å². The number of rotatable bonds is 10. The maximum Gasteiger partial charge on any atom is 0.363 e. The Balaban J connectivity index is 1.47. The molecule has 0 aliphatic carbocycles. The van der Waals surface area contributed by atoms with E-state index in [-0.39, 0.29) is 30.5 Å². The quantitative estimate of drug-likeness (QED) is 0.116. The van der Waals surface area contributed by atoms with Crippen molar-refractivity contribution in [2.24, 2.45) is 4.99 Å². The van der Waals surface area contributed by atoms with Gasteiger partial charge < -0.3 is 14.2 Å². The van der Waals surface area contributed by atoms with E-state index in [4.69, 9.17) is 14.2 Å². The van der Waals surface area contributed by atoms with Crippen LogP contribution in [0.4, 0.5) is 5.69 Å². The van der Waals surface area contributed by atoms with Crippen LogP contribution in [-0.2, 0) is 9.53 Å². The fourth-order valence-electron chi connectivity index (χ4n) is 3.59. The molecule has 0 aromatic heterocycles. The Morgan fingerprint density at radius 2 is 1.75 bits per heavy atom. The largest absolute Gasteiger partial charge is 0.490 e. The molecule has 1 heterocycles. The standard InChI is InChI=1S/C28H26N2O6/c1-3-19(2)20-9-12-24(13-10-20)34-15-16-35-26-14-11-23(30(32)33)17-22(26)18-25-28(31)36-27(29-25)21-7-5-4-6-8-21/h4-14,17-19H,3,15-16H2,1-2H3/b25-18+. The number of aliphatic imine (C=N–C) groups is 1. The predicted molar refractivity (Wildman–Crippen MR) is 136 cm³/mol. The minimum Gasteiger partial charge on any atom is -0.490 e. The molecule has 0 N–H and O–H groups in total. The highest BCUT2D eigenvalue weighted by Gasteiger charge is 2.25. The molecule has 1 aliphatic rings. The number of carbonyl (C=O) groups is 1. The van der Waals surface area contributed by atoms with Crippen molar-refractivity contribution in [2.45, 2.75) is 26.2 Å². The van der Waals surface area contributed by atoms with Crippen LogP contribution in [0.1, 0.15) is 42.9 Å². The predicted octanol–water partition coefficient (Wildman–Crippen LogP) is 5.91. The topological polar surface area (TPSA) is 100 Å². The summed E-state index contributed by atoms with van der Waals surface area (Å²) in [7, 11) is 0. The van der Waals surface area contributed by atoms with E-state index in [1.165, 1.54) is 29.8 Å². The third-order valence-corrected chi connectivity index (χ3v) is 5.81. The van der Waals surface area contributed by atoms with Crippen LogP contribution in [0.3, 0.4) is 0 Å². The molecule has 0 bridgehead atoms. The lowest BCUT2D eigenvalue weighted by Crippen LogP contribution is -2.10. The number of esters is 1. The van der Waals surface area contributed by atoms with Gasteiger partial charge in [-0.1, -0.05) is 44.2 Å². The van der Waals surface area contributed by atoms with Gasteiger partial charge in [-0.3, -0.25) is 10.1 Å². The second-order valence-electron chi connectivity index (χ2n) is 8.26. The summed E-state index contributed by atoms with van der Waals surface area (Å²) >= 11 is 0. The molecule has 1 unspecified atom stereocenters. The molecule has 8 heteroatoms. The Kier molecular flexibility index (Phi) is 7.75. The molecule has 184 valence electrons. The van der Waals surface area contributed by atoms with E-state index >= 15 is 0 Å². The van der Waals surface area contributed by atoms with Crippen LogP contribution in [0.15, 0.2) is 83.5 Å². The molecule has 1 aliphatic heterocycles. The molecule has 0 saturated carbocycles. The highest BCUT2D eigenvalue weighted by atomic mass is 16.6. The number of nitrogens with zero attached hydrogens (tertiary/aromatic N) is 2. The second kappa shape index (κ2) is 11.3. The smallest absolute Gasteiger partial charge is 0.363 e. The van der Waals surface area contributed by atoms with E-state index in [1.807, 2.05) is 30.3 Å². The fraction of sp³-hybridized carbons (Fsp3) is 0.214. The normalized spacial score (nSPS) is 14.8. The van der Waals surface area contributed by atoms with Gasteiger partial charge in [0.25, 0.3) is 5.69 Å². The average Bonchev–Trinajstić information content (AvgIpc) is 3.27. The first kappa shape index (κ1) is 24.7. The lowest BCUT2D eigenvalue weighted by molar-refractivity contribution is -0.384. The molecular formula is C28H26N2O6. The van der Waals surface area contributed by atoms with E-state index in [0.717, 1.165) is 12.2 Å². The van der Waals surface area contributed by atoms with E-state index in [2.05, 4.69) is 31.0 Å². The highest BCUT2D eigenvalue weighted by molar-refractivity contribution is 6.12. The number of cyclic esters (lactones) is 1. The summed E-state index contributed by atoms with van der Waals surface area (Å²) in [5, 5.41) is 11.3. The van der Waals surface area contributed by atoms with E-state index < -0.39 is 10.9 Å². The molecular weight excluding hydrogens is 460 g/mol. The van der Waals surface area contributed by atoms with Gasteiger partial charge in [-0.05, 0) is 54.3 Å². The van der Waals surface area contributed by atoms with Gasteiger partial charge in [-0.2, -0.15) is 0 Å². The summed E-state index contributed by atoms with van der Waals surface area (Å²) in [4.78, 5) is 27.5. The molecule has 3 aromatic carbocycles. The zero-order valence-corrected chi connectivity index (χ0v) is 20.0. The summed E-state index contributed by atoms with van der Waals surface area (Å²) in [6, 6.07) is 21.1. The zero-order chi connectivity index (χ0) is 25.5. The lowest BCUT2D eigenvalue weighted by Gasteiger charge is -2.12. The van der Waals surface area contributed by atoms with Crippen LogP contribution in [0, 0.1) is 10.1 Å². The number of benzene rings is 3. The molecule has 1 atom stereocenters. The van der Waals surface area contributed by atoms with Crippen molar-refractivity contribution in [3.05, 3.63) is 105 Å². The third-order valence-electron chi connectivity index (χ3n) is 5.81. The first-order valence-corrected chi connectivity index (χ1v) is 11.7. The Hall–Kier alpha value is -4.46. The molecule has 0 saturated heterocycles. The lowest BCUT2D eigenvalue weighted by atomic mass is 9.99. The number of hydrogen-bond acceptors (Lipinski definition) is 7. The third kappa shape index (κ3) is 5.96. The Morgan fingerprint density at radius 1 is 1.03 bits per heavy atom. The fourth-order valence-corrected chi connectivity index (χ4v) is 3.59. The molecule has 0 spiro atoms. The van der Waals surface area contributed by atoms with E-state index in [9.17, 15) is 14.9 Å². The monoisotopic (exact) mass is 486 g/mol. The van der Waals surface area contributed by atoms with Crippen LogP contribution in [0.2, 0.25) is 0 Å². The van der Waals surface area contributed by atoms with Crippen molar-refractivity contribution >= 4 is 23.6 Å². The number of nitro benzene ring substituents is 1. The minimum absolute atomic E-state index is 0.0249. The van der Waals surface area contributed by atoms with Gasteiger partial charge in [-0.25, -0.2) is 9.79 Å². The summed E-state index contributed by atoms with van der Waals surface area (Å²) < 4.78 is 16.9. The van der Waals surface area contributed by atoms with Gasteiger partial charge in [0.2, 0.25) is 5.90 Å². The zero-order valence-electron chi connectivity index (χ0n) is 20.0. The summed E-state index contributed by atoms with van der Waals surface area (Å²) in [5.41, 5.74) is 2.14. The number of carbonyl (C=O) groups excluding carboxylic acids is 1. The SMILES string of the molecule is CCC(C)c1ccc(OCCOc2ccc([N+](=O)[O-])cc2/C=C2/N=C(c3ccccc3)OC2=O)cc1. The molecule has 4 rings (SSSR count). The van der Waals surface area contributed by atoms with Gasteiger partial charge >= 0.3 is 5.97 Å². The highest BCUT2D eigenvalue weighted by Crippen LogP contribution is 2.29. The van der Waals surface area contributed by atoms with Crippen molar-refractivity contribution in [1.82, 2.24) is 0 Å².